The summed E-state index contributed by atoms with van der Waals surface area (Å²) in [5, 5.41) is 7.68. The van der Waals surface area contributed by atoms with Crippen LogP contribution >= 0.6 is 11.6 Å². The van der Waals surface area contributed by atoms with E-state index in [0.29, 0.717) is 6.04 Å². The summed E-state index contributed by atoms with van der Waals surface area (Å²) >= 11 is 6.03. The summed E-state index contributed by atoms with van der Waals surface area (Å²) in [5.74, 6) is 0.910. The molecule has 6 heteroatoms. The lowest BCUT2D eigenvalue weighted by atomic mass is 9.96. The SMILES string of the molecule is CCNC(=NCC1(c2ccc(Cl)cc2)CC1)NCC(C)N1CCOCC1. The Morgan fingerprint density at radius 1 is 1.23 bits per heavy atom. The molecule has 0 radical (unpaired) electrons. The van der Waals surface area contributed by atoms with Crippen molar-refractivity contribution in [2.45, 2.75) is 38.1 Å². The van der Waals surface area contributed by atoms with Gasteiger partial charge in [0.1, 0.15) is 0 Å². The van der Waals surface area contributed by atoms with Gasteiger partial charge in [0.25, 0.3) is 0 Å². The van der Waals surface area contributed by atoms with Crippen LogP contribution in [0.15, 0.2) is 29.3 Å². The molecule has 26 heavy (non-hydrogen) atoms. The first-order valence-corrected chi connectivity index (χ1v) is 10.1. The number of rotatable bonds is 7. The first kappa shape index (κ1) is 19.5. The van der Waals surface area contributed by atoms with Crippen LogP contribution in [0.1, 0.15) is 32.3 Å². The van der Waals surface area contributed by atoms with Crippen molar-refractivity contribution < 1.29 is 4.74 Å². The fraction of sp³-hybridized carbons (Fsp3) is 0.650. The van der Waals surface area contributed by atoms with E-state index in [1.165, 1.54) is 18.4 Å². The highest BCUT2D eigenvalue weighted by Crippen LogP contribution is 2.48. The minimum absolute atomic E-state index is 0.197. The van der Waals surface area contributed by atoms with Gasteiger partial charge in [0, 0.05) is 42.7 Å². The molecule has 1 atom stereocenters. The normalized spacial score (nSPS) is 21.3. The summed E-state index contributed by atoms with van der Waals surface area (Å²) in [5.41, 5.74) is 1.55. The molecule has 0 spiro atoms. The van der Waals surface area contributed by atoms with Crippen molar-refractivity contribution in [2.24, 2.45) is 4.99 Å². The topological polar surface area (TPSA) is 48.9 Å². The van der Waals surface area contributed by atoms with Crippen LogP contribution in [0.5, 0.6) is 0 Å². The lowest BCUT2D eigenvalue weighted by Gasteiger charge is -2.32. The first-order chi connectivity index (χ1) is 12.6. The predicted molar refractivity (Wildman–Crippen MR) is 108 cm³/mol. The second-order valence-corrected chi connectivity index (χ2v) is 7.80. The number of benzene rings is 1. The molecule has 0 amide bonds. The highest BCUT2D eigenvalue weighted by molar-refractivity contribution is 6.30. The quantitative estimate of drug-likeness (QED) is 0.565. The van der Waals surface area contributed by atoms with Crippen molar-refractivity contribution in [2.75, 3.05) is 45.9 Å². The molecule has 1 unspecified atom stereocenters. The Hall–Kier alpha value is -1.30. The van der Waals surface area contributed by atoms with E-state index in [4.69, 9.17) is 21.3 Å². The number of hydrogen-bond donors (Lipinski definition) is 2. The largest absolute Gasteiger partial charge is 0.379 e. The van der Waals surface area contributed by atoms with Crippen molar-refractivity contribution in [1.29, 1.82) is 0 Å². The summed E-state index contributed by atoms with van der Waals surface area (Å²) in [6.45, 7) is 10.6. The minimum Gasteiger partial charge on any atom is -0.379 e. The van der Waals surface area contributed by atoms with Gasteiger partial charge < -0.3 is 15.4 Å². The van der Waals surface area contributed by atoms with Crippen LogP contribution in [0.2, 0.25) is 5.02 Å². The van der Waals surface area contributed by atoms with Gasteiger partial charge in [-0.1, -0.05) is 23.7 Å². The number of hydrogen-bond acceptors (Lipinski definition) is 3. The zero-order valence-electron chi connectivity index (χ0n) is 15.9. The Labute approximate surface area is 162 Å². The van der Waals surface area contributed by atoms with Gasteiger partial charge in [0.2, 0.25) is 0 Å². The summed E-state index contributed by atoms with van der Waals surface area (Å²) in [4.78, 5) is 7.35. The van der Waals surface area contributed by atoms with Crippen molar-refractivity contribution >= 4 is 17.6 Å². The molecule has 5 nitrogen and oxygen atoms in total. The van der Waals surface area contributed by atoms with E-state index in [1.54, 1.807) is 0 Å². The third-order valence-electron chi connectivity index (χ3n) is 5.43. The zero-order valence-corrected chi connectivity index (χ0v) is 16.7. The average Bonchev–Trinajstić information content (AvgIpc) is 3.46. The second-order valence-electron chi connectivity index (χ2n) is 7.36. The number of morpholine rings is 1. The minimum atomic E-state index is 0.197. The summed E-state index contributed by atoms with van der Waals surface area (Å²) in [6, 6.07) is 8.72. The van der Waals surface area contributed by atoms with Crippen LogP contribution in [0.25, 0.3) is 0 Å². The van der Waals surface area contributed by atoms with Gasteiger partial charge in [-0.15, -0.1) is 0 Å². The van der Waals surface area contributed by atoms with E-state index in [-0.39, 0.29) is 5.41 Å². The van der Waals surface area contributed by atoms with Crippen LogP contribution in [0.4, 0.5) is 0 Å². The molecule has 1 aromatic carbocycles. The van der Waals surface area contributed by atoms with Crippen molar-refractivity contribution in [3.8, 4) is 0 Å². The van der Waals surface area contributed by atoms with E-state index >= 15 is 0 Å². The molecular weight excluding hydrogens is 348 g/mol. The molecule has 3 rings (SSSR count). The maximum atomic E-state index is 6.03. The molecule has 1 aliphatic carbocycles. The van der Waals surface area contributed by atoms with Crippen molar-refractivity contribution in [3.63, 3.8) is 0 Å². The van der Waals surface area contributed by atoms with Gasteiger partial charge in [-0.25, -0.2) is 0 Å². The monoisotopic (exact) mass is 378 g/mol. The maximum absolute atomic E-state index is 6.03. The maximum Gasteiger partial charge on any atom is 0.191 e. The van der Waals surface area contributed by atoms with Crippen LogP contribution < -0.4 is 10.6 Å². The number of guanidine groups is 1. The molecule has 1 aliphatic heterocycles. The summed E-state index contributed by atoms with van der Waals surface area (Å²) in [7, 11) is 0. The van der Waals surface area contributed by atoms with Gasteiger partial charge in [-0.2, -0.15) is 0 Å². The van der Waals surface area contributed by atoms with E-state index in [1.807, 2.05) is 12.1 Å². The van der Waals surface area contributed by atoms with Gasteiger partial charge in [0.05, 0.1) is 19.8 Å². The number of aliphatic imine (C=N–C) groups is 1. The first-order valence-electron chi connectivity index (χ1n) is 9.73. The molecular formula is C20H31ClN4O. The molecule has 0 bridgehead atoms. The number of ether oxygens (including phenoxy) is 1. The molecule has 1 saturated carbocycles. The van der Waals surface area contributed by atoms with Gasteiger partial charge in [0.15, 0.2) is 5.96 Å². The standard InChI is InChI=1S/C20H31ClN4O/c1-3-22-19(23-14-16(2)25-10-12-26-13-11-25)24-15-20(8-9-20)17-4-6-18(21)7-5-17/h4-7,16H,3,8-15H2,1-2H3,(H2,22,23,24). The Balaban J connectivity index is 1.55. The van der Waals surface area contributed by atoms with Crippen molar-refractivity contribution in [3.05, 3.63) is 34.9 Å². The van der Waals surface area contributed by atoms with E-state index in [2.05, 4.69) is 41.5 Å². The Kier molecular flexibility index (Phi) is 6.79. The second kappa shape index (κ2) is 9.07. The molecule has 2 fully saturated rings. The van der Waals surface area contributed by atoms with Crippen LogP contribution in [0, 0.1) is 0 Å². The lowest BCUT2D eigenvalue weighted by molar-refractivity contribution is 0.0211. The Bertz CT molecular complexity index is 594. The summed E-state index contributed by atoms with van der Waals surface area (Å²) in [6.07, 6.45) is 2.39. The third kappa shape index (κ3) is 5.12. The Morgan fingerprint density at radius 3 is 2.54 bits per heavy atom. The van der Waals surface area contributed by atoms with Crippen LogP contribution in [0.3, 0.4) is 0 Å². The third-order valence-corrected chi connectivity index (χ3v) is 5.68. The van der Waals surface area contributed by atoms with Gasteiger partial charge in [-0.05, 0) is 44.4 Å². The number of nitrogens with one attached hydrogen (secondary N) is 2. The van der Waals surface area contributed by atoms with Gasteiger partial charge in [-0.3, -0.25) is 9.89 Å². The number of nitrogens with zero attached hydrogens (tertiary/aromatic N) is 2. The lowest BCUT2D eigenvalue weighted by Crippen LogP contribution is -2.49. The molecule has 2 aliphatic rings. The fourth-order valence-corrected chi connectivity index (χ4v) is 3.58. The predicted octanol–water partition coefficient (Wildman–Crippen LogP) is 2.65. The molecule has 1 heterocycles. The molecule has 1 aromatic rings. The molecule has 144 valence electrons. The van der Waals surface area contributed by atoms with E-state index in [0.717, 1.165) is 56.9 Å². The highest BCUT2D eigenvalue weighted by Gasteiger charge is 2.44. The fourth-order valence-electron chi connectivity index (χ4n) is 3.46. The van der Waals surface area contributed by atoms with Crippen molar-refractivity contribution in [1.82, 2.24) is 15.5 Å². The van der Waals surface area contributed by atoms with Gasteiger partial charge >= 0.3 is 0 Å². The summed E-state index contributed by atoms with van der Waals surface area (Å²) < 4.78 is 5.44. The molecule has 0 aromatic heterocycles. The number of halogens is 1. The molecule has 2 N–H and O–H groups in total. The van der Waals surface area contributed by atoms with Crippen LogP contribution in [-0.4, -0.2) is 62.8 Å². The van der Waals surface area contributed by atoms with E-state index < -0.39 is 0 Å². The smallest absolute Gasteiger partial charge is 0.191 e. The van der Waals surface area contributed by atoms with Crippen LogP contribution in [-0.2, 0) is 10.2 Å². The highest BCUT2D eigenvalue weighted by atomic mass is 35.5. The molecule has 1 saturated heterocycles. The average molecular weight is 379 g/mol. The van der Waals surface area contributed by atoms with E-state index in [9.17, 15) is 0 Å². The zero-order chi connectivity index (χ0) is 18.4. The Morgan fingerprint density at radius 2 is 1.92 bits per heavy atom.